The van der Waals surface area contributed by atoms with Crippen molar-refractivity contribution in [3.63, 3.8) is 0 Å². The molecular formula is C11H14BrNO. The van der Waals surface area contributed by atoms with Crippen LogP contribution in [0.1, 0.15) is 23.6 Å². The molecule has 1 aromatic rings. The molecule has 1 amide bonds. The Labute approximate surface area is 92.8 Å². The Bertz CT molecular complexity index is 385. The standard InChI is InChI=1S/C11H14BrNO/c1-6-5-10(13-9(4)14)7(2)8(3)11(6)12/h5H,1-4H3,(H,13,14). The van der Waals surface area contributed by atoms with Gasteiger partial charge in [-0.15, -0.1) is 0 Å². The summed E-state index contributed by atoms with van der Waals surface area (Å²) in [5.41, 5.74) is 4.32. The Hall–Kier alpha value is -0.830. The van der Waals surface area contributed by atoms with Crippen LogP contribution in [0.25, 0.3) is 0 Å². The van der Waals surface area contributed by atoms with Crippen molar-refractivity contribution in [1.82, 2.24) is 0 Å². The summed E-state index contributed by atoms with van der Waals surface area (Å²) in [5.74, 6) is -0.0331. The molecule has 0 heterocycles. The molecule has 76 valence electrons. The predicted octanol–water partition coefficient (Wildman–Crippen LogP) is 3.33. The molecule has 0 fully saturated rings. The first-order valence-electron chi connectivity index (χ1n) is 4.47. The summed E-state index contributed by atoms with van der Waals surface area (Å²) in [6, 6.07) is 1.98. The molecule has 14 heavy (non-hydrogen) atoms. The van der Waals surface area contributed by atoms with Gasteiger partial charge in [0.2, 0.25) is 5.91 Å². The van der Waals surface area contributed by atoms with Crippen molar-refractivity contribution in [3.8, 4) is 0 Å². The van der Waals surface area contributed by atoms with Crippen LogP contribution in [0, 0.1) is 20.8 Å². The number of carbonyl (C=O) groups is 1. The van der Waals surface area contributed by atoms with Crippen molar-refractivity contribution in [2.75, 3.05) is 5.32 Å². The zero-order chi connectivity index (χ0) is 10.9. The zero-order valence-corrected chi connectivity index (χ0v) is 10.4. The number of benzene rings is 1. The van der Waals surface area contributed by atoms with Crippen molar-refractivity contribution in [2.45, 2.75) is 27.7 Å². The summed E-state index contributed by atoms with van der Waals surface area (Å²) in [4.78, 5) is 11.0. The summed E-state index contributed by atoms with van der Waals surface area (Å²) < 4.78 is 1.11. The number of halogens is 1. The summed E-state index contributed by atoms with van der Waals surface area (Å²) in [6.45, 7) is 7.58. The first-order valence-corrected chi connectivity index (χ1v) is 5.26. The van der Waals surface area contributed by atoms with Crippen LogP contribution in [0.15, 0.2) is 10.5 Å². The molecule has 3 heteroatoms. The van der Waals surface area contributed by atoms with Crippen LogP contribution >= 0.6 is 15.9 Å². The molecule has 0 aliphatic carbocycles. The van der Waals surface area contributed by atoms with Gasteiger partial charge in [0.05, 0.1) is 0 Å². The average molecular weight is 256 g/mol. The largest absolute Gasteiger partial charge is 0.326 e. The van der Waals surface area contributed by atoms with E-state index in [0.29, 0.717) is 0 Å². The van der Waals surface area contributed by atoms with Crippen LogP contribution in [0.5, 0.6) is 0 Å². The van der Waals surface area contributed by atoms with E-state index in [4.69, 9.17) is 0 Å². The Morgan fingerprint density at radius 1 is 1.29 bits per heavy atom. The Kier molecular flexibility index (Phi) is 3.32. The van der Waals surface area contributed by atoms with Gasteiger partial charge in [-0.25, -0.2) is 0 Å². The topological polar surface area (TPSA) is 29.1 Å². The van der Waals surface area contributed by atoms with Gasteiger partial charge >= 0.3 is 0 Å². The van der Waals surface area contributed by atoms with E-state index in [0.717, 1.165) is 21.3 Å². The predicted molar refractivity (Wildman–Crippen MR) is 62.7 cm³/mol. The van der Waals surface area contributed by atoms with Crippen molar-refractivity contribution >= 4 is 27.5 Å². The smallest absolute Gasteiger partial charge is 0.221 e. The maximum Gasteiger partial charge on any atom is 0.221 e. The van der Waals surface area contributed by atoms with E-state index in [1.165, 1.54) is 12.5 Å². The van der Waals surface area contributed by atoms with Crippen LogP contribution < -0.4 is 5.32 Å². The highest BCUT2D eigenvalue weighted by molar-refractivity contribution is 9.10. The van der Waals surface area contributed by atoms with E-state index in [9.17, 15) is 4.79 Å². The molecule has 0 atom stereocenters. The molecular weight excluding hydrogens is 242 g/mol. The highest BCUT2D eigenvalue weighted by atomic mass is 79.9. The molecule has 0 saturated carbocycles. The first-order chi connectivity index (χ1) is 6.43. The first kappa shape index (κ1) is 11.2. The van der Waals surface area contributed by atoms with Gasteiger partial charge in [0.15, 0.2) is 0 Å². The van der Waals surface area contributed by atoms with E-state index < -0.39 is 0 Å². The third-order valence-corrected chi connectivity index (χ3v) is 3.53. The fourth-order valence-corrected chi connectivity index (χ4v) is 1.78. The van der Waals surface area contributed by atoms with Crippen LogP contribution in [-0.2, 0) is 4.79 Å². The van der Waals surface area contributed by atoms with Crippen molar-refractivity contribution in [1.29, 1.82) is 0 Å². The van der Waals surface area contributed by atoms with Gasteiger partial charge in [-0.2, -0.15) is 0 Å². The fraction of sp³-hybridized carbons (Fsp3) is 0.364. The van der Waals surface area contributed by atoms with Gasteiger partial charge in [-0.3, -0.25) is 4.79 Å². The Balaban J connectivity index is 3.25. The molecule has 1 rings (SSSR count). The van der Waals surface area contributed by atoms with Crippen molar-refractivity contribution < 1.29 is 4.79 Å². The minimum absolute atomic E-state index is 0.0331. The van der Waals surface area contributed by atoms with Crippen molar-refractivity contribution in [3.05, 3.63) is 27.2 Å². The molecule has 1 aromatic carbocycles. The molecule has 0 aliphatic heterocycles. The Morgan fingerprint density at radius 2 is 1.86 bits per heavy atom. The number of hydrogen-bond donors (Lipinski definition) is 1. The lowest BCUT2D eigenvalue weighted by Gasteiger charge is -2.13. The van der Waals surface area contributed by atoms with Crippen LogP contribution in [0.2, 0.25) is 0 Å². The summed E-state index contributed by atoms with van der Waals surface area (Å²) in [5, 5.41) is 2.82. The maximum absolute atomic E-state index is 11.0. The minimum atomic E-state index is -0.0331. The van der Waals surface area contributed by atoms with Gasteiger partial charge in [-0.05, 0) is 43.5 Å². The zero-order valence-electron chi connectivity index (χ0n) is 8.86. The lowest BCUT2D eigenvalue weighted by atomic mass is 10.0. The normalized spacial score (nSPS) is 10.1. The second kappa shape index (κ2) is 4.13. The SMILES string of the molecule is CC(=O)Nc1cc(C)c(Br)c(C)c1C. The number of nitrogens with one attached hydrogen (secondary N) is 1. The molecule has 0 unspecified atom stereocenters. The van der Waals surface area contributed by atoms with E-state index in [-0.39, 0.29) is 5.91 Å². The molecule has 0 aliphatic rings. The monoisotopic (exact) mass is 255 g/mol. The summed E-state index contributed by atoms with van der Waals surface area (Å²) in [7, 11) is 0. The third kappa shape index (κ3) is 2.15. The van der Waals surface area contributed by atoms with Gasteiger partial charge in [0.1, 0.15) is 0 Å². The summed E-state index contributed by atoms with van der Waals surface area (Å²) >= 11 is 3.52. The Morgan fingerprint density at radius 3 is 2.36 bits per heavy atom. The number of anilines is 1. The van der Waals surface area contributed by atoms with Crippen LogP contribution in [0.3, 0.4) is 0 Å². The molecule has 0 spiro atoms. The molecule has 0 aromatic heterocycles. The number of aryl methyl sites for hydroxylation is 1. The maximum atomic E-state index is 11.0. The lowest BCUT2D eigenvalue weighted by molar-refractivity contribution is -0.114. The van der Waals surface area contributed by atoms with E-state index >= 15 is 0 Å². The minimum Gasteiger partial charge on any atom is -0.326 e. The van der Waals surface area contributed by atoms with Gasteiger partial charge < -0.3 is 5.32 Å². The van der Waals surface area contributed by atoms with Gasteiger partial charge in [0, 0.05) is 17.1 Å². The number of carbonyl (C=O) groups excluding carboxylic acids is 1. The van der Waals surface area contributed by atoms with Crippen LogP contribution in [0.4, 0.5) is 5.69 Å². The van der Waals surface area contributed by atoms with Gasteiger partial charge in [0.25, 0.3) is 0 Å². The average Bonchev–Trinajstić information content (AvgIpc) is 2.10. The van der Waals surface area contributed by atoms with E-state index in [1.54, 1.807) is 0 Å². The van der Waals surface area contributed by atoms with Crippen LogP contribution in [-0.4, -0.2) is 5.91 Å². The van der Waals surface area contributed by atoms with Crippen molar-refractivity contribution in [2.24, 2.45) is 0 Å². The number of amides is 1. The highest BCUT2D eigenvalue weighted by Gasteiger charge is 2.08. The van der Waals surface area contributed by atoms with E-state index in [2.05, 4.69) is 21.2 Å². The molecule has 2 nitrogen and oxygen atoms in total. The van der Waals surface area contributed by atoms with Gasteiger partial charge in [-0.1, -0.05) is 15.9 Å². The quantitative estimate of drug-likeness (QED) is 0.820. The molecule has 0 saturated heterocycles. The molecule has 1 N–H and O–H groups in total. The third-order valence-electron chi connectivity index (χ3n) is 2.31. The fourth-order valence-electron chi connectivity index (χ4n) is 1.37. The van der Waals surface area contributed by atoms with E-state index in [1.807, 2.05) is 26.8 Å². The highest BCUT2D eigenvalue weighted by Crippen LogP contribution is 2.29. The number of rotatable bonds is 1. The molecule has 0 radical (unpaired) electrons. The number of hydrogen-bond acceptors (Lipinski definition) is 1. The second-order valence-electron chi connectivity index (χ2n) is 3.49. The summed E-state index contributed by atoms with van der Waals surface area (Å²) in [6.07, 6.45) is 0. The molecule has 0 bridgehead atoms. The lowest BCUT2D eigenvalue weighted by Crippen LogP contribution is -2.08. The second-order valence-corrected chi connectivity index (χ2v) is 4.28.